The Morgan fingerprint density at radius 3 is 2.61 bits per heavy atom. The Morgan fingerprint density at radius 1 is 1.08 bits per heavy atom. The molecule has 0 aliphatic carbocycles. The predicted molar refractivity (Wildman–Crippen MR) is 150 cm³/mol. The molecule has 0 atom stereocenters. The zero-order chi connectivity index (χ0) is 26.2. The van der Waals surface area contributed by atoms with E-state index in [1.807, 2.05) is 12.4 Å². The number of aliphatic hydroxyl groups excluding tert-OH is 1. The third-order valence-electron chi connectivity index (χ3n) is 8.71. The molecule has 2 aliphatic heterocycles. The van der Waals surface area contributed by atoms with Gasteiger partial charge in [-0.3, -0.25) is 14.8 Å². The summed E-state index contributed by atoms with van der Waals surface area (Å²) in [5.41, 5.74) is 6.91. The minimum atomic E-state index is 0.252. The first kappa shape index (κ1) is 25.1. The van der Waals surface area contributed by atoms with Crippen LogP contribution in [0.25, 0.3) is 33.2 Å². The lowest BCUT2D eigenvalue weighted by Gasteiger charge is -2.35. The molecule has 8 nitrogen and oxygen atoms in total. The van der Waals surface area contributed by atoms with E-state index in [9.17, 15) is 9.90 Å². The highest BCUT2D eigenvalue weighted by Crippen LogP contribution is 2.39. The number of aromatic nitrogens is 4. The third-order valence-corrected chi connectivity index (χ3v) is 8.71. The molecule has 38 heavy (non-hydrogen) atoms. The van der Waals surface area contributed by atoms with Crippen LogP contribution in [0.2, 0.25) is 0 Å². The lowest BCUT2D eigenvalue weighted by atomic mass is 9.87. The number of rotatable bonds is 6. The van der Waals surface area contributed by atoms with Crippen LogP contribution in [0.1, 0.15) is 62.5 Å². The fourth-order valence-electron chi connectivity index (χ4n) is 6.45. The van der Waals surface area contributed by atoms with Gasteiger partial charge in [-0.2, -0.15) is 5.10 Å². The number of aromatic amines is 2. The molecule has 1 aromatic carbocycles. The summed E-state index contributed by atoms with van der Waals surface area (Å²) in [6.07, 6.45) is 7.66. The molecule has 0 unspecified atom stereocenters. The molecule has 8 heteroatoms. The van der Waals surface area contributed by atoms with Gasteiger partial charge in [-0.15, -0.1) is 0 Å². The fourth-order valence-corrected chi connectivity index (χ4v) is 6.45. The van der Waals surface area contributed by atoms with Gasteiger partial charge < -0.3 is 15.0 Å². The number of carbonyl (C=O) groups is 1. The zero-order valence-corrected chi connectivity index (χ0v) is 22.4. The van der Waals surface area contributed by atoms with Crippen LogP contribution in [0.15, 0.2) is 36.7 Å². The topological polar surface area (TPSA) is 101 Å². The van der Waals surface area contributed by atoms with Crippen molar-refractivity contribution in [2.45, 2.75) is 51.4 Å². The molecule has 2 fully saturated rings. The van der Waals surface area contributed by atoms with Crippen LogP contribution in [-0.2, 0) is 4.79 Å². The molecular formula is C30H38N6O2. The number of aliphatic hydroxyl groups is 1. The van der Waals surface area contributed by atoms with E-state index in [-0.39, 0.29) is 12.5 Å². The highest BCUT2D eigenvalue weighted by molar-refractivity contribution is 5.98. The summed E-state index contributed by atoms with van der Waals surface area (Å²) < 4.78 is 0. The molecule has 4 aromatic rings. The third kappa shape index (κ3) is 4.71. The number of nitrogens with zero attached hydrogens (tertiary/aromatic N) is 4. The maximum Gasteiger partial charge on any atom is 0.236 e. The molecule has 0 radical (unpaired) electrons. The molecular weight excluding hydrogens is 476 g/mol. The number of fused-ring (bicyclic) bond motifs is 2. The Morgan fingerprint density at radius 2 is 1.87 bits per heavy atom. The predicted octanol–water partition coefficient (Wildman–Crippen LogP) is 4.64. The number of carbonyl (C=O) groups excluding carboxylic acids is 1. The number of H-pyrrole nitrogens is 2. The summed E-state index contributed by atoms with van der Waals surface area (Å²) in [4.78, 5) is 25.4. The number of likely N-dealkylation sites (tertiary alicyclic amines) is 2. The summed E-state index contributed by atoms with van der Waals surface area (Å²) >= 11 is 0. The summed E-state index contributed by atoms with van der Waals surface area (Å²) in [6, 6.07) is 8.93. The van der Waals surface area contributed by atoms with Crippen molar-refractivity contribution >= 4 is 27.8 Å². The van der Waals surface area contributed by atoms with Crippen LogP contribution in [-0.4, -0.2) is 80.3 Å². The zero-order valence-electron chi connectivity index (χ0n) is 22.4. The van der Waals surface area contributed by atoms with Gasteiger partial charge in [0.2, 0.25) is 5.91 Å². The summed E-state index contributed by atoms with van der Waals surface area (Å²) in [5.74, 6) is 1.47. The van der Waals surface area contributed by atoms with Gasteiger partial charge in [0, 0.05) is 47.7 Å². The van der Waals surface area contributed by atoms with Crippen molar-refractivity contribution in [1.29, 1.82) is 0 Å². The van der Waals surface area contributed by atoms with Crippen LogP contribution in [0.3, 0.4) is 0 Å². The molecule has 0 spiro atoms. The molecule has 1 amide bonds. The largest absolute Gasteiger partial charge is 0.396 e. The molecule has 200 valence electrons. The van der Waals surface area contributed by atoms with Crippen molar-refractivity contribution in [3.8, 4) is 11.3 Å². The second-order valence-electron chi connectivity index (χ2n) is 11.4. The van der Waals surface area contributed by atoms with E-state index in [0.717, 1.165) is 79.7 Å². The van der Waals surface area contributed by atoms with Crippen molar-refractivity contribution < 1.29 is 9.90 Å². The van der Waals surface area contributed by atoms with E-state index in [2.05, 4.69) is 68.1 Å². The maximum absolute atomic E-state index is 13.0. The lowest BCUT2D eigenvalue weighted by Crippen LogP contribution is -2.46. The van der Waals surface area contributed by atoms with Crippen LogP contribution in [0, 0.1) is 5.92 Å². The number of hydrogen-bond donors (Lipinski definition) is 3. The minimum Gasteiger partial charge on any atom is -0.396 e. The van der Waals surface area contributed by atoms with Crippen LogP contribution >= 0.6 is 0 Å². The smallest absolute Gasteiger partial charge is 0.236 e. The number of hydrogen-bond acceptors (Lipinski definition) is 5. The highest BCUT2D eigenvalue weighted by Gasteiger charge is 2.27. The Bertz CT molecular complexity index is 1420. The fraction of sp³-hybridized carbons (Fsp3) is 0.500. The van der Waals surface area contributed by atoms with Gasteiger partial charge in [-0.05, 0) is 85.9 Å². The van der Waals surface area contributed by atoms with E-state index in [0.29, 0.717) is 24.3 Å². The molecule has 3 N–H and O–H groups in total. The standard InChI is InChI=1S/C30H38N6O2/c1-19(2)28-24-15-22(3-4-26(24)33-29(28)23-5-10-31-30-25(23)16-32-34-30)21-8-13-36(14-9-21)27(38)17-35-11-6-20(18-37)7-12-35/h3-5,10,15-16,19-21,33,37H,6-9,11-14,17-18H2,1-2H3,(H,31,32,34). The molecule has 2 aliphatic rings. The number of nitrogens with one attached hydrogen (secondary N) is 2. The Hall–Kier alpha value is -3.23. The monoisotopic (exact) mass is 514 g/mol. The number of benzene rings is 1. The lowest BCUT2D eigenvalue weighted by molar-refractivity contribution is -0.133. The maximum atomic E-state index is 13.0. The molecule has 6 rings (SSSR count). The number of pyridine rings is 1. The minimum absolute atomic E-state index is 0.252. The van der Waals surface area contributed by atoms with Crippen LogP contribution < -0.4 is 0 Å². The van der Waals surface area contributed by atoms with Crippen LogP contribution in [0.4, 0.5) is 0 Å². The molecule has 0 saturated carbocycles. The van der Waals surface area contributed by atoms with E-state index >= 15 is 0 Å². The van der Waals surface area contributed by atoms with Gasteiger partial charge in [0.1, 0.15) is 0 Å². The summed E-state index contributed by atoms with van der Waals surface area (Å²) in [5, 5.41) is 18.9. The molecule has 0 bridgehead atoms. The quantitative estimate of drug-likeness (QED) is 0.348. The second kappa shape index (κ2) is 10.5. The highest BCUT2D eigenvalue weighted by atomic mass is 16.3. The van der Waals surface area contributed by atoms with E-state index in [4.69, 9.17) is 0 Å². The van der Waals surface area contributed by atoms with Gasteiger partial charge in [-0.25, -0.2) is 4.98 Å². The van der Waals surface area contributed by atoms with Crippen molar-refractivity contribution in [1.82, 2.24) is 30.0 Å². The first-order chi connectivity index (χ1) is 18.5. The average Bonchev–Trinajstić information content (AvgIpc) is 3.58. The molecule has 2 saturated heterocycles. The number of amides is 1. The normalized spacial score (nSPS) is 18.3. The summed E-state index contributed by atoms with van der Waals surface area (Å²) in [6.45, 7) is 8.75. The van der Waals surface area contributed by atoms with Gasteiger partial charge >= 0.3 is 0 Å². The van der Waals surface area contributed by atoms with Crippen molar-refractivity contribution in [2.24, 2.45) is 5.92 Å². The van der Waals surface area contributed by atoms with E-state index < -0.39 is 0 Å². The average molecular weight is 515 g/mol. The summed E-state index contributed by atoms with van der Waals surface area (Å²) in [7, 11) is 0. The van der Waals surface area contributed by atoms with Crippen LogP contribution in [0.5, 0.6) is 0 Å². The first-order valence-corrected chi connectivity index (χ1v) is 14.1. The molecule has 3 aromatic heterocycles. The first-order valence-electron chi connectivity index (χ1n) is 14.1. The van der Waals surface area contributed by atoms with Gasteiger partial charge in [0.15, 0.2) is 5.65 Å². The Kier molecular flexibility index (Phi) is 6.93. The van der Waals surface area contributed by atoms with E-state index in [1.54, 1.807) is 0 Å². The van der Waals surface area contributed by atoms with Crippen molar-refractivity contribution in [3.63, 3.8) is 0 Å². The SMILES string of the molecule is CC(C)c1c(-c2ccnc3[nH]ncc23)[nH]c2ccc(C3CCN(C(=O)CN4CCC(CO)CC4)CC3)cc12. The van der Waals surface area contributed by atoms with E-state index in [1.165, 1.54) is 16.5 Å². The van der Waals surface area contributed by atoms with Gasteiger partial charge in [-0.1, -0.05) is 19.9 Å². The van der Waals surface area contributed by atoms with Crippen molar-refractivity contribution in [2.75, 3.05) is 39.3 Å². The Labute approximate surface area is 223 Å². The number of piperidine rings is 2. The second-order valence-corrected chi connectivity index (χ2v) is 11.4. The Balaban J connectivity index is 1.18. The van der Waals surface area contributed by atoms with Gasteiger partial charge in [0.25, 0.3) is 0 Å². The van der Waals surface area contributed by atoms with Gasteiger partial charge in [0.05, 0.1) is 18.4 Å². The van der Waals surface area contributed by atoms with Crippen molar-refractivity contribution in [3.05, 3.63) is 47.8 Å². The molecule has 5 heterocycles.